The molecular weight excluding hydrogens is 521 g/mol. The van der Waals surface area contributed by atoms with E-state index in [-0.39, 0.29) is 33.9 Å². The van der Waals surface area contributed by atoms with Crippen molar-refractivity contribution in [2.45, 2.75) is 66.0 Å². The molecule has 8 nitrogen and oxygen atoms in total. The first-order chi connectivity index (χ1) is 18.1. The standard InChI is InChI=1S/C29H36FN3O5S/c1-18(2)17-37-23-14-21(13-22(30)15-23)25-12-11-24(28(32-25)38-20(4)16-29(5,6)7)27(34)33-39(35,36)26-10-8-9-19(3)31-26/h8-15,18,20H,16-17H2,1-7H3,(H,33,34). The molecule has 2 heterocycles. The Bertz CT molecular complexity index is 1440. The molecule has 1 unspecified atom stereocenters. The first-order valence-electron chi connectivity index (χ1n) is 12.8. The van der Waals surface area contributed by atoms with Gasteiger partial charge < -0.3 is 9.47 Å². The summed E-state index contributed by atoms with van der Waals surface area (Å²) in [5, 5.41) is -0.280. The van der Waals surface area contributed by atoms with Gasteiger partial charge >= 0.3 is 0 Å². The highest BCUT2D eigenvalue weighted by Crippen LogP contribution is 2.30. The Labute approximate surface area is 230 Å². The average molecular weight is 558 g/mol. The highest BCUT2D eigenvalue weighted by Gasteiger charge is 2.26. The minimum Gasteiger partial charge on any atom is -0.493 e. The van der Waals surface area contributed by atoms with Crippen LogP contribution in [0.1, 0.15) is 64.0 Å². The number of rotatable bonds is 10. The van der Waals surface area contributed by atoms with Crippen LogP contribution < -0.4 is 14.2 Å². The molecule has 39 heavy (non-hydrogen) atoms. The Morgan fingerprint density at radius 2 is 1.77 bits per heavy atom. The van der Waals surface area contributed by atoms with Crippen LogP contribution in [0, 0.1) is 24.1 Å². The van der Waals surface area contributed by atoms with Crippen LogP contribution in [0.2, 0.25) is 0 Å². The number of halogens is 1. The third kappa shape index (κ3) is 8.74. The van der Waals surface area contributed by atoms with Gasteiger partial charge in [-0.2, -0.15) is 8.42 Å². The number of hydrogen-bond donors (Lipinski definition) is 1. The third-order valence-electron chi connectivity index (χ3n) is 5.43. The molecule has 0 radical (unpaired) electrons. The fourth-order valence-electron chi connectivity index (χ4n) is 3.91. The number of amides is 1. The Morgan fingerprint density at radius 1 is 1.05 bits per heavy atom. The first-order valence-corrected chi connectivity index (χ1v) is 14.2. The largest absolute Gasteiger partial charge is 0.493 e. The minimum absolute atomic E-state index is 0.0666. The van der Waals surface area contributed by atoms with E-state index in [1.807, 2.05) is 20.8 Å². The maximum Gasteiger partial charge on any atom is 0.281 e. The first kappa shape index (κ1) is 30.0. The number of benzene rings is 1. The van der Waals surface area contributed by atoms with Crippen LogP contribution in [-0.2, 0) is 10.0 Å². The van der Waals surface area contributed by atoms with E-state index < -0.39 is 21.7 Å². The van der Waals surface area contributed by atoms with E-state index >= 15 is 0 Å². The van der Waals surface area contributed by atoms with Gasteiger partial charge in [-0.25, -0.2) is 19.1 Å². The number of nitrogens with one attached hydrogen (secondary N) is 1. The SMILES string of the molecule is Cc1cccc(S(=O)(=O)NC(=O)c2ccc(-c3cc(F)cc(OCC(C)C)c3)nc2OC(C)CC(C)(C)C)n1. The predicted octanol–water partition coefficient (Wildman–Crippen LogP) is 5.95. The average Bonchev–Trinajstić information content (AvgIpc) is 2.81. The van der Waals surface area contributed by atoms with Gasteiger partial charge in [-0.05, 0) is 68.0 Å². The predicted molar refractivity (Wildman–Crippen MR) is 148 cm³/mol. The van der Waals surface area contributed by atoms with E-state index in [0.29, 0.717) is 35.7 Å². The molecule has 0 aliphatic carbocycles. The molecule has 0 saturated carbocycles. The number of hydrogen-bond acceptors (Lipinski definition) is 7. The van der Waals surface area contributed by atoms with Gasteiger partial charge in [-0.15, -0.1) is 0 Å². The van der Waals surface area contributed by atoms with Crippen molar-refractivity contribution >= 4 is 15.9 Å². The van der Waals surface area contributed by atoms with Crippen LogP contribution in [0.4, 0.5) is 4.39 Å². The fraction of sp³-hybridized carbons (Fsp3) is 0.414. The zero-order valence-electron chi connectivity index (χ0n) is 23.4. The summed E-state index contributed by atoms with van der Waals surface area (Å²) in [7, 11) is -4.25. The lowest BCUT2D eigenvalue weighted by Crippen LogP contribution is -2.32. The highest BCUT2D eigenvalue weighted by molar-refractivity contribution is 7.90. The lowest BCUT2D eigenvalue weighted by atomic mass is 9.90. The number of aromatic nitrogens is 2. The maximum atomic E-state index is 14.4. The molecule has 1 aromatic carbocycles. The molecule has 10 heteroatoms. The van der Waals surface area contributed by atoms with Crippen LogP contribution in [-0.4, -0.2) is 37.0 Å². The van der Waals surface area contributed by atoms with E-state index in [4.69, 9.17) is 9.47 Å². The minimum atomic E-state index is -4.25. The fourth-order valence-corrected chi connectivity index (χ4v) is 4.89. The van der Waals surface area contributed by atoms with Gasteiger partial charge in [-0.1, -0.05) is 40.7 Å². The summed E-state index contributed by atoms with van der Waals surface area (Å²) in [6.07, 6.45) is 0.283. The van der Waals surface area contributed by atoms with Crippen molar-refractivity contribution in [1.29, 1.82) is 0 Å². The van der Waals surface area contributed by atoms with Crippen molar-refractivity contribution in [2.24, 2.45) is 11.3 Å². The van der Waals surface area contributed by atoms with Gasteiger partial charge in [0.05, 0.1) is 18.4 Å². The van der Waals surface area contributed by atoms with Crippen LogP contribution in [0.15, 0.2) is 53.6 Å². The van der Waals surface area contributed by atoms with Gasteiger partial charge in [0.2, 0.25) is 5.88 Å². The number of sulfonamides is 1. The van der Waals surface area contributed by atoms with Gasteiger partial charge in [-0.3, -0.25) is 4.79 Å². The number of aryl methyl sites for hydroxylation is 1. The van der Waals surface area contributed by atoms with Crippen molar-refractivity contribution in [3.63, 3.8) is 0 Å². The summed E-state index contributed by atoms with van der Waals surface area (Å²) < 4.78 is 54.0. The van der Waals surface area contributed by atoms with Crippen LogP contribution >= 0.6 is 0 Å². The summed E-state index contributed by atoms with van der Waals surface area (Å²) in [4.78, 5) is 21.7. The molecule has 2 aromatic heterocycles. The quantitative estimate of drug-likeness (QED) is 0.328. The molecular formula is C29H36FN3O5S. The summed E-state index contributed by atoms with van der Waals surface area (Å²) >= 11 is 0. The Morgan fingerprint density at radius 3 is 2.41 bits per heavy atom. The zero-order valence-corrected chi connectivity index (χ0v) is 24.2. The maximum absolute atomic E-state index is 14.4. The molecule has 210 valence electrons. The van der Waals surface area contributed by atoms with Crippen LogP contribution in [0.3, 0.4) is 0 Å². The van der Waals surface area contributed by atoms with Gasteiger partial charge in [0, 0.05) is 17.3 Å². The molecule has 1 atom stereocenters. The van der Waals surface area contributed by atoms with Crippen molar-refractivity contribution < 1.29 is 27.1 Å². The van der Waals surface area contributed by atoms with Gasteiger partial charge in [0.25, 0.3) is 15.9 Å². The van der Waals surface area contributed by atoms with Gasteiger partial charge in [0.15, 0.2) is 5.03 Å². The summed E-state index contributed by atoms with van der Waals surface area (Å²) in [5.74, 6) is -0.889. The molecule has 3 rings (SSSR count). The van der Waals surface area contributed by atoms with E-state index in [1.54, 1.807) is 25.1 Å². The van der Waals surface area contributed by atoms with Crippen molar-refractivity contribution in [3.05, 3.63) is 65.6 Å². The summed E-state index contributed by atoms with van der Waals surface area (Å²) in [6, 6.07) is 11.7. The van der Waals surface area contributed by atoms with Crippen LogP contribution in [0.5, 0.6) is 11.6 Å². The molecule has 0 saturated heterocycles. The number of nitrogens with zero attached hydrogens (tertiary/aromatic N) is 2. The molecule has 0 spiro atoms. The van der Waals surface area contributed by atoms with Crippen molar-refractivity contribution in [2.75, 3.05) is 6.61 Å². The molecule has 3 aromatic rings. The van der Waals surface area contributed by atoms with Gasteiger partial charge in [0.1, 0.15) is 17.1 Å². The Balaban J connectivity index is 2.00. The highest BCUT2D eigenvalue weighted by atomic mass is 32.2. The van der Waals surface area contributed by atoms with E-state index in [9.17, 15) is 17.6 Å². The number of ether oxygens (including phenoxy) is 2. The molecule has 1 N–H and O–H groups in total. The van der Waals surface area contributed by atoms with Crippen LogP contribution in [0.25, 0.3) is 11.3 Å². The molecule has 0 bridgehead atoms. The van der Waals surface area contributed by atoms with Crippen molar-refractivity contribution in [3.8, 4) is 22.9 Å². The van der Waals surface area contributed by atoms with E-state index in [1.165, 1.54) is 30.3 Å². The Hall–Kier alpha value is -3.53. The van der Waals surface area contributed by atoms with Crippen molar-refractivity contribution in [1.82, 2.24) is 14.7 Å². The molecule has 0 aliphatic rings. The lowest BCUT2D eigenvalue weighted by molar-refractivity contribution is 0.0969. The molecule has 0 aliphatic heterocycles. The molecule has 1 amide bonds. The second-order valence-corrected chi connectivity index (χ2v) is 12.8. The number of carbonyl (C=O) groups is 1. The normalized spacial score (nSPS) is 12.7. The second kappa shape index (κ2) is 12.1. The van der Waals surface area contributed by atoms with E-state index in [0.717, 1.165) is 0 Å². The number of carbonyl (C=O) groups excluding carboxylic acids is 1. The third-order valence-corrected chi connectivity index (χ3v) is 6.67. The zero-order chi connectivity index (χ0) is 29.0. The molecule has 0 fully saturated rings. The lowest BCUT2D eigenvalue weighted by Gasteiger charge is -2.24. The topological polar surface area (TPSA) is 107 Å². The van der Waals surface area contributed by atoms with E-state index in [2.05, 4.69) is 35.5 Å². The number of pyridine rings is 2. The monoisotopic (exact) mass is 557 g/mol. The smallest absolute Gasteiger partial charge is 0.281 e. The summed E-state index contributed by atoms with van der Waals surface area (Å²) in [6.45, 7) is 14.0. The Kier molecular flexibility index (Phi) is 9.32. The second-order valence-electron chi connectivity index (χ2n) is 11.2. The summed E-state index contributed by atoms with van der Waals surface area (Å²) in [5.41, 5.74) is 1.09.